The fraction of sp³-hybridized carbons (Fsp3) is 0.316. The standard InChI is InChI=1S/C19H23NO3S/c1-14-8-7-9-15(2)19(14)23-12-18(21)20-17(13-24(3)22)16-10-5-4-6-11-16/h4-11,17H,12-13H2,1-3H3,(H,20,21)/t17-,24+/m1/s1. The van der Waals surface area contributed by atoms with Crippen LogP contribution in [0.3, 0.4) is 0 Å². The van der Waals surface area contributed by atoms with E-state index in [2.05, 4.69) is 5.32 Å². The number of carbonyl (C=O) groups excluding carboxylic acids is 1. The van der Waals surface area contributed by atoms with Gasteiger partial charge in [0.25, 0.3) is 5.91 Å². The Morgan fingerprint density at radius 1 is 1.08 bits per heavy atom. The SMILES string of the molecule is Cc1cccc(C)c1OCC(=O)N[C@H](C[S@](C)=O)c1ccccc1. The summed E-state index contributed by atoms with van der Waals surface area (Å²) >= 11 is 0. The van der Waals surface area contributed by atoms with Gasteiger partial charge in [-0.2, -0.15) is 0 Å². The van der Waals surface area contributed by atoms with Gasteiger partial charge in [-0.05, 0) is 30.5 Å². The molecule has 0 aliphatic heterocycles. The zero-order valence-corrected chi connectivity index (χ0v) is 15.1. The van der Waals surface area contributed by atoms with Crippen LogP contribution in [-0.4, -0.2) is 28.7 Å². The number of para-hydroxylation sites is 1. The van der Waals surface area contributed by atoms with Crippen LogP contribution >= 0.6 is 0 Å². The summed E-state index contributed by atoms with van der Waals surface area (Å²) < 4.78 is 17.3. The minimum absolute atomic E-state index is 0.0641. The van der Waals surface area contributed by atoms with Gasteiger partial charge in [-0.3, -0.25) is 9.00 Å². The maximum Gasteiger partial charge on any atom is 0.258 e. The van der Waals surface area contributed by atoms with E-state index in [1.165, 1.54) is 0 Å². The van der Waals surface area contributed by atoms with E-state index in [1.54, 1.807) is 6.26 Å². The molecular formula is C19H23NO3S. The van der Waals surface area contributed by atoms with Gasteiger partial charge in [-0.15, -0.1) is 0 Å². The van der Waals surface area contributed by atoms with E-state index in [-0.39, 0.29) is 18.6 Å². The van der Waals surface area contributed by atoms with E-state index in [0.717, 1.165) is 22.4 Å². The third kappa shape index (κ3) is 5.20. The van der Waals surface area contributed by atoms with Gasteiger partial charge in [-0.25, -0.2) is 0 Å². The van der Waals surface area contributed by atoms with Crippen molar-refractivity contribution in [2.24, 2.45) is 0 Å². The first-order valence-electron chi connectivity index (χ1n) is 7.80. The third-order valence-corrected chi connectivity index (χ3v) is 4.50. The van der Waals surface area contributed by atoms with Crippen molar-refractivity contribution in [2.75, 3.05) is 18.6 Å². The lowest BCUT2D eigenvalue weighted by Gasteiger charge is -2.19. The molecule has 4 nitrogen and oxygen atoms in total. The molecule has 1 N–H and O–H groups in total. The first-order chi connectivity index (χ1) is 11.5. The number of ether oxygens (including phenoxy) is 1. The number of benzene rings is 2. The highest BCUT2D eigenvalue weighted by Crippen LogP contribution is 2.22. The molecule has 0 aliphatic carbocycles. The van der Waals surface area contributed by atoms with Gasteiger partial charge in [0, 0.05) is 22.8 Å². The largest absolute Gasteiger partial charge is 0.483 e. The van der Waals surface area contributed by atoms with Crippen LogP contribution < -0.4 is 10.1 Å². The highest BCUT2D eigenvalue weighted by Gasteiger charge is 2.17. The molecule has 0 unspecified atom stereocenters. The van der Waals surface area contributed by atoms with Crippen LogP contribution in [0.2, 0.25) is 0 Å². The predicted octanol–water partition coefficient (Wildman–Crippen LogP) is 2.92. The summed E-state index contributed by atoms with van der Waals surface area (Å²) in [6.07, 6.45) is 1.63. The van der Waals surface area contributed by atoms with E-state index < -0.39 is 10.8 Å². The lowest BCUT2D eigenvalue weighted by molar-refractivity contribution is -0.123. The van der Waals surface area contributed by atoms with Crippen molar-refractivity contribution in [2.45, 2.75) is 19.9 Å². The van der Waals surface area contributed by atoms with E-state index in [1.807, 2.05) is 62.4 Å². The molecule has 5 heteroatoms. The molecule has 0 bridgehead atoms. The normalized spacial score (nSPS) is 13.1. The van der Waals surface area contributed by atoms with Crippen LogP contribution in [0.4, 0.5) is 0 Å². The molecule has 0 fully saturated rings. The number of nitrogens with one attached hydrogen (secondary N) is 1. The minimum Gasteiger partial charge on any atom is -0.483 e. The monoisotopic (exact) mass is 345 g/mol. The summed E-state index contributed by atoms with van der Waals surface area (Å²) in [4.78, 5) is 12.3. The Kier molecular flexibility index (Phi) is 6.55. The van der Waals surface area contributed by atoms with Crippen LogP contribution in [0.15, 0.2) is 48.5 Å². The number of amides is 1. The van der Waals surface area contributed by atoms with Crippen molar-refractivity contribution < 1.29 is 13.7 Å². The summed E-state index contributed by atoms with van der Waals surface area (Å²) in [6.45, 7) is 3.84. The molecule has 0 aliphatic rings. The Morgan fingerprint density at radius 3 is 2.29 bits per heavy atom. The van der Waals surface area contributed by atoms with Crippen molar-refractivity contribution >= 4 is 16.7 Å². The van der Waals surface area contributed by atoms with Crippen LogP contribution in [0.1, 0.15) is 22.7 Å². The summed E-state index contributed by atoms with van der Waals surface area (Å²) in [5, 5.41) is 2.92. The molecule has 0 spiro atoms. The Balaban J connectivity index is 2.01. The predicted molar refractivity (Wildman–Crippen MR) is 97.7 cm³/mol. The zero-order valence-electron chi connectivity index (χ0n) is 14.2. The first kappa shape index (κ1) is 18.2. The topological polar surface area (TPSA) is 55.4 Å². The highest BCUT2D eigenvalue weighted by atomic mass is 32.2. The molecule has 0 saturated carbocycles. The van der Waals surface area contributed by atoms with Crippen LogP contribution in [-0.2, 0) is 15.6 Å². The van der Waals surface area contributed by atoms with Crippen molar-refractivity contribution in [1.82, 2.24) is 5.32 Å². The van der Waals surface area contributed by atoms with Gasteiger partial charge in [0.15, 0.2) is 6.61 Å². The number of hydrogen-bond donors (Lipinski definition) is 1. The summed E-state index contributed by atoms with van der Waals surface area (Å²) in [5.41, 5.74) is 2.93. The van der Waals surface area contributed by atoms with Crippen LogP contribution in [0.5, 0.6) is 5.75 Å². The summed E-state index contributed by atoms with van der Waals surface area (Å²) in [6, 6.07) is 15.1. The molecule has 2 atom stereocenters. The lowest BCUT2D eigenvalue weighted by Crippen LogP contribution is -2.35. The van der Waals surface area contributed by atoms with Gasteiger partial charge in [0.1, 0.15) is 5.75 Å². The van der Waals surface area contributed by atoms with Gasteiger partial charge >= 0.3 is 0 Å². The Bertz CT molecular complexity index is 696. The molecule has 0 saturated heterocycles. The van der Waals surface area contributed by atoms with Crippen molar-refractivity contribution in [3.63, 3.8) is 0 Å². The maximum absolute atomic E-state index is 12.3. The number of rotatable bonds is 7. The van der Waals surface area contributed by atoms with E-state index in [0.29, 0.717) is 5.75 Å². The van der Waals surface area contributed by atoms with Crippen LogP contribution in [0, 0.1) is 13.8 Å². The smallest absolute Gasteiger partial charge is 0.258 e. The fourth-order valence-corrected chi connectivity index (χ4v) is 3.29. The van der Waals surface area contributed by atoms with Crippen molar-refractivity contribution in [3.05, 3.63) is 65.2 Å². The second-order valence-corrected chi connectivity index (χ2v) is 7.26. The molecule has 2 aromatic carbocycles. The lowest BCUT2D eigenvalue weighted by atomic mass is 10.1. The van der Waals surface area contributed by atoms with E-state index in [4.69, 9.17) is 4.74 Å². The summed E-state index contributed by atoms with van der Waals surface area (Å²) in [7, 11) is -1.02. The van der Waals surface area contributed by atoms with E-state index >= 15 is 0 Å². The highest BCUT2D eigenvalue weighted by molar-refractivity contribution is 7.84. The van der Waals surface area contributed by atoms with Gasteiger partial charge in [0.05, 0.1) is 6.04 Å². The molecule has 128 valence electrons. The molecule has 0 aromatic heterocycles. The zero-order chi connectivity index (χ0) is 17.5. The molecular weight excluding hydrogens is 322 g/mol. The second kappa shape index (κ2) is 8.64. The molecule has 24 heavy (non-hydrogen) atoms. The van der Waals surface area contributed by atoms with Gasteiger partial charge in [-0.1, -0.05) is 48.5 Å². The molecule has 2 rings (SSSR count). The average molecular weight is 345 g/mol. The average Bonchev–Trinajstić information content (AvgIpc) is 2.54. The summed E-state index contributed by atoms with van der Waals surface area (Å²) in [5.74, 6) is 0.888. The maximum atomic E-state index is 12.3. The van der Waals surface area contributed by atoms with E-state index in [9.17, 15) is 9.00 Å². The minimum atomic E-state index is -1.02. The molecule has 1 amide bonds. The number of carbonyl (C=O) groups is 1. The Labute approximate surface area is 145 Å². The molecule has 0 heterocycles. The number of aryl methyl sites for hydroxylation is 2. The quantitative estimate of drug-likeness (QED) is 0.839. The van der Waals surface area contributed by atoms with Crippen LogP contribution in [0.25, 0.3) is 0 Å². The Hall–Kier alpha value is -2.14. The molecule has 0 radical (unpaired) electrons. The number of hydrogen-bond acceptors (Lipinski definition) is 3. The molecule has 2 aromatic rings. The second-order valence-electron chi connectivity index (χ2n) is 5.78. The third-order valence-electron chi connectivity index (χ3n) is 3.69. The Morgan fingerprint density at radius 2 is 1.71 bits per heavy atom. The van der Waals surface area contributed by atoms with Crippen molar-refractivity contribution in [3.8, 4) is 5.75 Å². The van der Waals surface area contributed by atoms with Gasteiger partial charge in [0.2, 0.25) is 0 Å². The fourth-order valence-electron chi connectivity index (χ4n) is 2.54. The van der Waals surface area contributed by atoms with Crippen molar-refractivity contribution in [1.29, 1.82) is 0 Å². The van der Waals surface area contributed by atoms with Gasteiger partial charge < -0.3 is 10.1 Å². The first-order valence-corrected chi connectivity index (χ1v) is 9.53.